The third-order valence-corrected chi connectivity index (χ3v) is 1.50. The van der Waals surface area contributed by atoms with Crippen molar-refractivity contribution < 1.29 is 4.48 Å². The fourth-order valence-electron chi connectivity index (χ4n) is 1.13. The SMILES string of the molecule is C[N+](C)(C)Cc1ccccc1.[KH]. The van der Waals surface area contributed by atoms with Crippen LogP contribution in [0.5, 0.6) is 0 Å². The first-order valence-electron chi connectivity index (χ1n) is 3.92. The minimum absolute atomic E-state index is 0. The van der Waals surface area contributed by atoms with E-state index >= 15 is 0 Å². The summed E-state index contributed by atoms with van der Waals surface area (Å²) >= 11 is 0. The molecule has 0 saturated heterocycles. The third kappa shape index (κ3) is 5.46. The Balaban J connectivity index is 0.00000121. The molecule has 1 aromatic carbocycles. The van der Waals surface area contributed by atoms with E-state index in [0.717, 1.165) is 11.0 Å². The second-order valence-corrected chi connectivity index (χ2v) is 3.93. The second kappa shape index (κ2) is 5.53. The average Bonchev–Trinajstić information content (AvgIpc) is 1.85. The van der Waals surface area contributed by atoms with Crippen LogP contribution in [0.1, 0.15) is 5.56 Å². The molecule has 0 atom stereocenters. The molecule has 12 heavy (non-hydrogen) atoms. The molecular formula is C10H17KN+. The molecule has 0 heterocycles. The van der Waals surface area contributed by atoms with Gasteiger partial charge in [-0.3, -0.25) is 0 Å². The molecule has 0 spiro atoms. The van der Waals surface area contributed by atoms with Crippen molar-refractivity contribution in [2.75, 3.05) is 21.1 Å². The molecule has 0 aliphatic rings. The Morgan fingerprint density at radius 2 is 1.50 bits per heavy atom. The van der Waals surface area contributed by atoms with Gasteiger partial charge in [0.2, 0.25) is 0 Å². The van der Waals surface area contributed by atoms with Gasteiger partial charge in [-0.15, -0.1) is 0 Å². The van der Waals surface area contributed by atoms with Gasteiger partial charge in [0.1, 0.15) is 6.54 Å². The molecule has 1 aromatic rings. The van der Waals surface area contributed by atoms with E-state index in [0.29, 0.717) is 0 Å². The summed E-state index contributed by atoms with van der Waals surface area (Å²) < 4.78 is 0.990. The summed E-state index contributed by atoms with van der Waals surface area (Å²) in [5.74, 6) is 0. The first-order valence-corrected chi connectivity index (χ1v) is 3.92. The van der Waals surface area contributed by atoms with Crippen LogP contribution in [-0.2, 0) is 6.54 Å². The number of nitrogens with zero attached hydrogens (tertiary/aromatic N) is 1. The van der Waals surface area contributed by atoms with Crippen LogP contribution in [0.3, 0.4) is 0 Å². The van der Waals surface area contributed by atoms with Crippen molar-refractivity contribution in [2.24, 2.45) is 0 Å². The van der Waals surface area contributed by atoms with E-state index in [9.17, 15) is 0 Å². The molecule has 1 nitrogen and oxygen atoms in total. The van der Waals surface area contributed by atoms with E-state index in [4.69, 9.17) is 0 Å². The van der Waals surface area contributed by atoms with E-state index in [1.165, 1.54) is 5.56 Å². The maximum absolute atomic E-state index is 2.20. The Morgan fingerprint density at radius 1 is 1.00 bits per heavy atom. The van der Waals surface area contributed by atoms with Crippen molar-refractivity contribution in [1.29, 1.82) is 0 Å². The number of hydrogen-bond acceptors (Lipinski definition) is 0. The van der Waals surface area contributed by atoms with E-state index in [1.54, 1.807) is 0 Å². The van der Waals surface area contributed by atoms with Crippen LogP contribution in [0.25, 0.3) is 0 Å². The van der Waals surface area contributed by atoms with Gasteiger partial charge in [-0.1, -0.05) is 30.3 Å². The molecule has 1 rings (SSSR count). The molecule has 2 heteroatoms. The van der Waals surface area contributed by atoms with Gasteiger partial charge >= 0.3 is 51.4 Å². The van der Waals surface area contributed by atoms with Gasteiger partial charge in [-0.2, -0.15) is 0 Å². The number of benzene rings is 1. The van der Waals surface area contributed by atoms with Gasteiger partial charge in [-0.25, -0.2) is 0 Å². The summed E-state index contributed by atoms with van der Waals surface area (Å²) in [5, 5.41) is 0. The van der Waals surface area contributed by atoms with Crippen molar-refractivity contribution in [2.45, 2.75) is 6.54 Å². The Morgan fingerprint density at radius 3 is 1.92 bits per heavy atom. The molecule has 0 unspecified atom stereocenters. The van der Waals surface area contributed by atoms with Gasteiger partial charge in [0.25, 0.3) is 0 Å². The molecule has 0 aliphatic carbocycles. The molecule has 0 N–H and O–H groups in total. The van der Waals surface area contributed by atoms with E-state index < -0.39 is 0 Å². The summed E-state index contributed by atoms with van der Waals surface area (Å²) in [5.41, 5.74) is 1.40. The Hall–Kier alpha value is 0.816. The van der Waals surface area contributed by atoms with Crippen LogP contribution in [0.2, 0.25) is 0 Å². The first-order chi connectivity index (χ1) is 5.08. The zero-order valence-electron chi connectivity index (χ0n) is 7.54. The standard InChI is InChI=1S/C10H16N.K.H/c1-11(2,3)9-10-7-5-4-6-8-10;;/h4-8H,9H2,1-3H3;;/q+1;;. The van der Waals surface area contributed by atoms with Gasteiger partial charge < -0.3 is 4.48 Å². The van der Waals surface area contributed by atoms with E-state index in [1.807, 2.05) is 0 Å². The van der Waals surface area contributed by atoms with Crippen LogP contribution >= 0.6 is 0 Å². The topological polar surface area (TPSA) is 0 Å². The van der Waals surface area contributed by atoms with Gasteiger partial charge in [0.05, 0.1) is 21.1 Å². The van der Waals surface area contributed by atoms with Crippen molar-refractivity contribution in [3.8, 4) is 0 Å². The van der Waals surface area contributed by atoms with Crippen molar-refractivity contribution in [3.05, 3.63) is 35.9 Å². The van der Waals surface area contributed by atoms with Crippen LogP contribution < -0.4 is 0 Å². The van der Waals surface area contributed by atoms with Crippen LogP contribution in [0, 0.1) is 0 Å². The average molecular weight is 190 g/mol. The predicted octanol–water partition coefficient (Wildman–Crippen LogP) is 1.24. The molecule has 0 amide bonds. The molecule has 0 aromatic heterocycles. The monoisotopic (exact) mass is 190 g/mol. The Kier molecular flexibility index (Phi) is 5.90. The summed E-state index contributed by atoms with van der Waals surface area (Å²) in [6.07, 6.45) is 0. The molecule has 62 valence electrons. The molecule has 0 bridgehead atoms. The third-order valence-electron chi connectivity index (χ3n) is 1.50. The number of rotatable bonds is 2. The molecule has 0 radical (unpaired) electrons. The zero-order valence-corrected chi connectivity index (χ0v) is 7.54. The fraction of sp³-hybridized carbons (Fsp3) is 0.400. The second-order valence-electron chi connectivity index (χ2n) is 3.93. The van der Waals surface area contributed by atoms with Gasteiger partial charge in [0.15, 0.2) is 0 Å². The Labute approximate surface area is 118 Å². The van der Waals surface area contributed by atoms with Crippen molar-refractivity contribution >= 4 is 51.4 Å². The fourth-order valence-corrected chi connectivity index (χ4v) is 1.13. The normalized spacial score (nSPS) is 10.6. The summed E-state index contributed by atoms with van der Waals surface area (Å²) in [4.78, 5) is 0. The van der Waals surface area contributed by atoms with E-state index in [2.05, 4.69) is 51.5 Å². The van der Waals surface area contributed by atoms with Crippen LogP contribution in [0.15, 0.2) is 30.3 Å². The molecule has 0 aliphatic heterocycles. The maximum atomic E-state index is 2.20. The Bertz CT molecular complexity index is 213. The number of hydrogen-bond donors (Lipinski definition) is 0. The molecular weight excluding hydrogens is 173 g/mol. The van der Waals surface area contributed by atoms with Crippen LogP contribution in [-0.4, -0.2) is 77.0 Å². The summed E-state index contributed by atoms with van der Waals surface area (Å²) in [6, 6.07) is 10.6. The number of quaternary nitrogens is 1. The van der Waals surface area contributed by atoms with E-state index in [-0.39, 0.29) is 51.4 Å². The molecule has 0 fully saturated rings. The van der Waals surface area contributed by atoms with Crippen molar-refractivity contribution in [3.63, 3.8) is 0 Å². The molecule has 0 saturated carbocycles. The van der Waals surface area contributed by atoms with Gasteiger partial charge in [0, 0.05) is 5.56 Å². The predicted molar refractivity (Wildman–Crippen MR) is 55.3 cm³/mol. The van der Waals surface area contributed by atoms with Crippen molar-refractivity contribution in [1.82, 2.24) is 0 Å². The van der Waals surface area contributed by atoms with Gasteiger partial charge in [-0.05, 0) is 0 Å². The summed E-state index contributed by atoms with van der Waals surface area (Å²) in [7, 11) is 6.60. The van der Waals surface area contributed by atoms with Crippen LogP contribution in [0.4, 0.5) is 0 Å². The quantitative estimate of drug-likeness (QED) is 0.486. The first kappa shape index (κ1) is 12.8. The zero-order chi connectivity index (χ0) is 8.32. The minimum atomic E-state index is 0. The summed E-state index contributed by atoms with van der Waals surface area (Å²) in [6.45, 7) is 1.10.